The third-order valence-corrected chi connectivity index (χ3v) is 6.81. The number of hydrogen-bond acceptors (Lipinski definition) is 6. The van der Waals surface area contributed by atoms with Crippen molar-refractivity contribution in [1.82, 2.24) is 24.1 Å². The van der Waals surface area contributed by atoms with Gasteiger partial charge in [-0.15, -0.1) is 11.8 Å². The third kappa shape index (κ3) is 4.15. The van der Waals surface area contributed by atoms with E-state index in [2.05, 4.69) is 15.4 Å². The van der Waals surface area contributed by atoms with E-state index in [9.17, 15) is 18.8 Å². The van der Waals surface area contributed by atoms with E-state index in [4.69, 9.17) is 0 Å². The van der Waals surface area contributed by atoms with Crippen LogP contribution in [0.1, 0.15) is 29.9 Å². The van der Waals surface area contributed by atoms with E-state index >= 15 is 0 Å². The number of carbonyl (C=O) groups excluding carboxylic acids is 2. The normalized spacial score (nSPS) is 13.0. The number of anilines is 1. The summed E-state index contributed by atoms with van der Waals surface area (Å²) < 4.78 is 16.0. The zero-order chi connectivity index (χ0) is 25.6. The fraction of sp³-hybridized carbons (Fsp3) is 0.240. The molecule has 36 heavy (non-hydrogen) atoms. The van der Waals surface area contributed by atoms with Gasteiger partial charge in [-0.2, -0.15) is 9.61 Å². The van der Waals surface area contributed by atoms with E-state index in [0.717, 1.165) is 16.7 Å². The molecule has 4 heterocycles. The highest BCUT2D eigenvalue weighted by molar-refractivity contribution is 7.98. The van der Waals surface area contributed by atoms with Gasteiger partial charge in [-0.1, -0.05) is 12.1 Å². The summed E-state index contributed by atoms with van der Waals surface area (Å²) in [7, 11) is 0. The Morgan fingerprint density at radius 3 is 2.56 bits per heavy atom. The first-order valence-electron chi connectivity index (χ1n) is 11.3. The number of aromatic nitrogens is 4. The number of hydrogen-bond donors (Lipinski definition) is 1. The van der Waals surface area contributed by atoms with Crippen LogP contribution in [0, 0.1) is 5.82 Å². The molecule has 0 saturated heterocycles. The van der Waals surface area contributed by atoms with Crippen molar-refractivity contribution >= 4 is 35.0 Å². The molecular weight excluding hydrogens is 483 g/mol. The van der Waals surface area contributed by atoms with Gasteiger partial charge in [0.1, 0.15) is 29.5 Å². The van der Waals surface area contributed by atoms with Crippen LogP contribution in [0.15, 0.2) is 58.4 Å². The Balaban J connectivity index is 1.62. The molecule has 0 unspecified atom stereocenters. The van der Waals surface area contributed by atoms with Gasteiger partial charge >= 0.3 is 0 Å². The number of pyridine rings is 1. The zero-order valence-corrected chi connectivity index (χ0v) is 20.7. The molecule has 0 fully saturated rings. The predicted molar refractivity (Wildman–Crippen MR) is 135 cm³/mol. The highest BCUT2D eigenvalue weighted by atomic mass is 32.2. The molecule has 5 rings (SSSR count). The van der Waals surface area contributed by atoms with Gasteiger partial charge in [-0.3, -0.25) is 14.4 Å². The summed E-state index contributed by atoms with van der Waals surface area (Å²) in [5.74, 6) is -1.15. The number of rotatable bonds is 6. The lowest BCUT2D eigenvalue weighted by atomic mass is 10.1. The van der Waals surface area contributed by atoms with Gasteiger partial charge in [0, 0.05) is 22.6 Å². The van der Waals surface area contributed by atoms with Gasteiger partial charge in [-0.25, -0.2) is 9.37 Å². The lowest BCUT2D eigenvalue weighted by Gasteiger charge is -2.20. The minimum Gasteiger partial charge on any atom is -0.330 e. The molecular formula is C25H23FN6O3S. The monoisotopic (exact) mass is 506 g/mol. The van der Waals surface area contributed by atoms with E-state index in [-0.39, 0.29) is 42.1 Å². The Hall–Kier alpha value is -3.99. The van der Waals surface area contributed by atoms with Crippen LogP contribution < -0.4 is 10.9 Å². The van der Waals surface area contributed by atoms with Crippen LogP contribution in [0.4, 0.5) is 10.2 Å². The fourth-order valence-electron chi connectivity index (χ4n) is 4.24. The summed E-state index contributed by atoms with van der Waals surface area (Å²) in [6.07, 6.45) is 2.98. The summed E-state index contributed by atoms with van der Waals surface area (Å²) in [4.78, 5) is 46.2. The van der Waals surface area contributed by atoms with Crippen LogP contribution in [-0.4, -0.2) is 48.2 Å². The zero-order valence-electron chi connectivity index (χ0n) is 19.9. The molecule has 11 heteroatoms. The average molecular weight is 507 g/mol. The maximum absolute atomic E-state index is 13.4. The topological polar surface area (TPSA) is 102 Å². The van der Waals surface area contributed by atoms with Crippen molar-refractivity contribution in [3.8, 4) is 11.3 Å². The van der Waals surface area contributed by atoms with Crippen molar-refractivity contribution in [3.63, 3.8) is 0 Å². The molecule has 1 aromatic carbocycles. The van der Waals surface area contributed by atoms with Gasteiger partial charge in [0.05, 0.1) is 24.0 Å². The molecule has 1 aliphatic rings. The van der Waals surface area contributed by atoms with Crippen molar-refractivity contribution in [3.05, 3.63) is 76.1 Å². The van der Waals surface area contributed by atoms with Gasteiger partial charge in [-0.05, 0) is 44.4 Å². The molecule has 4 aromatic rings. The standard InChI is InChI=1S/C25H23FN6O3S/c1-14(2)30-12-18-23(25(30)35)31(13-21(33)28-20-9-6-16(26)11-27-20)22-10-19(29-32(22)24(18)34)15-4-7-17(36-3)8-5-15/h4-11,14H,12-13H2,1-3H3,(H,27,28,33). The Kier molecular flexibility index (Phi) is 6.09. The summed E-state index contributed by atoms with van der Waals surface area (Å²) in [5.41, 5.74) is 1.75. The average Bonchev–Trinajstić information content (AvgIpc) is 3.46. The Morgan fingerprint density at radius 2 is 1.92 bits per heavy atom. The Labute approximate surface area is 209 Å². The maximum Gasteiger partial charge on any atom is 0.280 e. The number of carbonyl (C=O) groups is 2. The number of nitrogens with zero attached hydrogens (tertiary/aromatic N) is 5. The molecule has 0 bridgehead atoms. The molecule has 1 aliphatic heterocycles. The first kappa shape index (κ1) is 23.7. The number of benzene rings is 1. The molecule has 3 aromatic heterocycles. The number of fused-ring (bicyclic) bond motifs is 2. The second-order valence-electron chi connectivity index (χ2n) is 8.68. The molecule has 1 N–H and O–H groups in total. The molecule has 0 radical (unpaired) electrons. The summed E-state index contributed by atoms with van der Waals surface area (Å²) in [6.45, 7) is 3.61. The van der Waals surface area contributed by atoms with Crippen LogP contribution in [0.5, 0.6) is 0 Å². The minimum absolute atomic E-state index is 0.132. The largest absolute Gasteiger partial charge is 0.330 e. The second kappa shape index (κ2) is 9.23. The smallest absolute Gasteiger partial charge is 0.280 e. The molecule has 0 spiro atoms. The molecule has 9 nitrogen and oxygen atoms in total. The quantitative estimate of drug-likeness (QED) is 0.402. The van der Waals surface area contributed by atoms with Crippen molar-refractivity contribution in [2.75, 3.05) is 11.6 Å². The lowest BCUT2D eigenvalue weighted by molar-refractivity contribution is -0.116. The van der Waals surface area contributed by atoms with Crippen molar-refractivity contribution < 1.29 is 14.0 Å². The minimum atomic E-state index is -0.523. The van der Waals surface area contributed by atoms with Gasteiger partial charge in [0.2, 0.25) is 5.91 Å². The van der Waals surface area contributed by atoms with Crippen LogP contribution in [0.25, 0.3) is 16.9 Å². The van der Waals surface area contributed by atoms with E-state index in [1.807, 2.05) is 44.4 Å². The van der Waals surface area contributed by atoms with Crippen LogP contribution in [0.2, 0.25) is 0 Å². The first-order valence-corrected chi connectivity index (χ1v) is 12.5. The fourth-order valence-corrected chi connectivity index (χ4v) is 4.65. The number of nitrogens with one attached hydrogen (secondary N) is 1. The molecule has 0 atom stereocenters. The van der Waals surface area contributed by atoms with E-state index in [1.54, 1.807) is 22.7 Å². The highest BCUT2D eigenvalue weighted by Crippen LogP contribution is 2.27. The number of halogens is 1. The molecule has 184 valence electrons. The number of thioether (sulfide) groups is 1. The highest BCUT2D eigenvalue weighted by Gasteiger charge is 2.36. The third-order valence-electron chi connectivity index (χ3n) is 6.07. The predicted octanol–water partition coefficient (Wildman–Crippen LogP) is 3.42. The van der Waals surface area contributed by atoms with Crippen LogP contribution >= 0.6 is 11.8 Å². The van der Waals surface area contributed by atoms with Gasteiger partial charge in [0.25, 0.3) is 11.5 Å². The summed E-state index contributed by atoms with van der Waals surface area (Å²) in [6, 6.07) is 11.8. The van der Waals surface area contributed by atoms with E-state index in [1.165, 1.54) is 21.2 Å². The van der Waals surface area contributed by atoms with E-state index in [0.29, 0.717) is 16.9 Å². The number of amides is 2. The summed E-state index contributed by atoms with van der Waals surface area (Å²) >= 11 is 1.62. The molecule has 0 aliphatic carbocycles. The van der Waals surface area contributed by atoms with Crippen molar-refractivity contribution in [1.29, 1.82) is 0 Å². The van der Waals surface area contributed by atoms with E-state index < -0.39 is 11.7 Å². The Bertz CT molecular complexity index is 1540. The SMILES string of the molecule is CSc1ccc(-c2cc3n(CC(=O)Nc4ccc(F)cn4)c4c(c(=O)n3n2)CN(C(C)C)C4=O)cc1. The van der Waals surface area contributed by atoms with Gasteiger partial charge in [0.15, 0.2) is 0 Å². The maximum atomic E-state index is 13.4. The van der Waals surface area contributed by atoms with Crippen LogP contribution in [0.3, 0.4) is 0 Å². The first-order chi connectivity index (χ1) is 17.3. The second-order valence-corrected chi connectivity index (χ2v) is 9.56. The van der Waals surface area contributed by atoms with Gasteiger partial charge < -0.3 is 14.8 Å². The molecule has 0 saturated carbocycles. The van der Waals surface area contributed by atoms with Crippen molar-refractivity contribution in [2.45, 2.75) is 37.9 Å². The van der Waals surface area contributed by atoms with Crippen molar-refractivity contribution in [2.24, 2.45) is 0 Å². The summed E-state index contributed by atoms with van der Waals surface area (Å²) in [5, 5.41) is 7.15. The molecule has 2 amide bonds. The lowest BCUT2D eigenvalue weighted by Crippen LogP contribution is -2.32. The van der Waals surface area contributed by atoms with Crippen LogP contribution in [-0.2, 0) is 17.9 Å². The Morgan fingerprint density at radius 1 is 1.17 bits per heavy atom.